The van der Waals surface area contributed by atoms with Crippen LogP contribution in [-0.2, 0) is 29.4 Å². The molecule has 13 heteroatoms. The van der Waals surface area contributed by atoms with E-state index < -0.39 is 27.8 Å². The summed E-state index contributed by atoms with van der Waals surface area (Å²) in [6.07, 6.45) is -2.18. The fraction of sp³-hybridized carbons (Fsp3) is 0.440. The third-order valence-electron chi connectivity index (χ3n) is 6.21. The molecule has 0 radical (unpaired) electrons. The van der Waals surface area contributed by atoms with Crippen LogP contribution in [0.15, 0.2) is 35.0 Å². The van der Waals surface area contributed by atoms with Crippen LogP contribution in [0.1, 0.15) is 56.6 Å². The van der Waals surface area contributed by atoms with Crippen LogP contribution in [-0.4, -0.2) is 33.2 Å². The summed E-state index contributed by atoms with van der Waals surface area (Å²) in [5.41, 5.74) is -1.68. The molecule has 2 heterocycles. The van der Waals surface area contributed by atoms with E-state index in [1.807, 2.05) is 20.8 Å². The largest absolute Gasteiger partial charge is 0.484 e. The maximum absolute atomic E-state index is 13.9. The Balaban J connectivity index is 1.27. The third kappa shape index (κ3) is 6.17. The number of nitrogens with one attached hydrogen (secondary N) is 1. The van der Waals surface area contributed by atoms with Crippen molar-refractivity contribution in [1.29, 1.82) is 0 Å². The number of alkyl halides is 3. The molecular weight excluding hydrogens is 532 g/mol. The number of rotatable bonds is 9. The predicted octanol–water partition coefficient (Wildman–Crippen LogP) is 5.42. The number of nitrogens with zero attached hydrogens (tertiary/aromatic N) is 3. The first-order chi connectivity index (χ1) is 17.8. The highest BCUT2D eigenvalue weighted by Gasteiger charge is 2.53. The van der Waals surface area contributed by atoms with Gasteiger partial charge in [0, 0.05) is 17.7 Å². The molecule has 4 rings (SSSR count). The van der Waals surface area contributed by atoms with Crippen LogP contribution in [0.25, 0.3) is 0 Å². The molecule has 38 heavy (non-hydrogen) atoms. The number of hydrogen-bond acceptors (Lipinski definition) is 7. The normalized spacial score (nSPS) is 21.1. The number of benzene rings is 1. The average Bonchev–Trinajstić information content (AvgIpc) is 3.29. The third-order valence-corrected chi connectivity index (χ3v) is 6.50. The van der Waals surface area contributed by atoms with Crippen LogP contribution in [0, 0.1) is 5.82 Å². The molecule has 1 fully saturated rings. The summed E-state index contributed by atoms with van der Waals surface area (Å²) >= 11 is 5.65. The monoisotopic (exact) mass is 556 g/mol. The quantitative estimate of drug-likeness (QED) is 0.351. The van der Waals surface area contributed by atoms with Gasteiger partial charge in [-0.3, -0.25) is 4.79 Å². The number of carbonyl (C=O) groups excluding carboxylic acids is 1. The molecule has 204 valence electrons. The predicted molar refractivity (Wildman–Crippen MR) is 127 cm³/mol. The number of aromatic nitrogens is 3. The van der Waals surface area contributed by atoms with Gasteiger partial charge in [0.2, 0.25) is 11.7 Å². The first-order valence-electron chi connectivity index (χ1n) is 11.7. The van der Waals surface area contributed by atoms with Crippen molar-refractivity contribution in [2.75, 3.05) is 6.61 Å². The molecule has 2 aromatic heterocycles. The van der Waals surface area contributed by atoms with E-state index in [4.69, 9.17) is 25.6 Å². The summed E-state index contributed by atoms with van der Waals surface area (Å²) in [6.45, 7) is 5.20. The van der Waals surface area contributed by atoms with Crippen molar-refractivity contribution in [1.82, 2.24) is 20.4 Å². The smallest absolute Gasteiger partial charge is 0.434 e. The number of carbonyl (C=O) groups is 1. The summed E-state index contributed by atoms with van der Waals surface area (Å²) in [5, 5.41) is 6.21. The Morgan fingerprint density at radius 2 is 1.92 bits per heavy atom. The lowest BCUT2D eigenvalue weighted by Gasteiger charge is -2.51. The molecule has 0 atom stereocenters. The van der Waals surface area contributed by atoms with E-state index in [0.29, 0.717) is 30.7 Å². The molecule has 1 aliphatic carbocycles. The van der Waals surface area contributed by atoms with E-state index in [-0.39, 0.29) is 42.3 Å². The zero-order valence-electron chi connectivity index (χ0n) is 20.8. The van der Waals surface area contributed by atoms with Crippen LogP contribution in [0.4, 0.5) is 17.6 Å². The number of halogens is 5. The second-order valence-corrected chi connectivity index (χ2v) is 10.1. The summed E-state index contributed by atoms with van der Waals surface area (Å²) in [4.78, 5) is 20.1. The molecule has 8 nitrogen and oxygen atoms in total. The zero-order chi connectivity index (χ0) is 27.7. The number of amides is 1. The maximum Gasteiger partial charge on any atom is 0.434 e. The minimum Gasteiger partial charge on any atom is -0.484 e. The molecule has 0 aliphatic heterocycles. The van der Waals surface area contributed by atoms with Gasteiger partial charge in [0.25, 0.3) is 5.91 Å². The molecule has 1 aromatic carbocycles. The van der Waals surface area contributed by atoms with Crippen molar-refractivity contribution in [3.05, 3.63) is 64.3 Å². The number of aryl methyl sites for hydroxylation is 1. The Bertz CT molecular complexity index is 1320. The summed E-state index contributed by atoms with van der Waals surface area (Å²) in [6, 6.07) is 5.52. The molecule has 3 aromatic rings. The Hall–Kier alpha value is -3.41. The molecule has 1 N–H and O–H groups in total. The van der Waals surface area contributed by atoms with Gasteiger partial charge in [0.1, 0.15) is 17.3 Å². The SMILES string of the molecule is CCc1ccc(OCC(=O)NC2(C)CC(C)(c3nc(COc4cnc(C(F)(F)F)c(Cl)c4)no3)C2)cc1F. The van der Waals surface area contributed by atoms with E-state index in [2.05, 4.69) is 20.4 Å². The second kappa shape index (κ2) is 10.4. The Kier molecular flexibility index (Phi) is 7.55. The van der Waals surface area contributed by atoms with Crippen molar-refractivity contribution in [3.63, 3.8) is 0 Å². The van der Waals surface area contributed by atoms with Gasteiger partial charge in [-0.1, -0.05) is 36.7 Å². The van der Waals surface area contributed by atoms with Crippen LogP contribution < -0.4 is 14.8 Å². The lowest BCUT2D eigenvalue weighted by molar-refractivity contribution is -0.141. The molecule has 1 saturated carbocycles. The maximum atomic E-state index is 13.9. The summed E-state index contributed by atoms with van der Waals surface area (Å²) < 4.78 is 68.5. The van der Waals surface area contributed by atoms with Gasteiger partial charge in [-0.05, 0) is 37.8 Å². The highest BCUT2D eigenvalue weighted by Crippen LogP contribution is 2.49. The van der Waals surface area contributed by atoms with Gasteiger partial charge in [0.15, 0.2) is 18.9 Å². The van der Waals surface area contributed by atoms with Gasteiger partial charge >= 0.3 is 6.18 Å². The standard InChI is InChI=1S/C25H25ClF4N4O4/c1-4-14-5-6-15(8-18(14)27)37-11-20(35)33-24(3)12-23(2,13-24)22-32-19(34-38-22)10-36-16-7-17(26)21(31-9-16)25(28,29)30/h5-9H,4,10-13H2,1-3H3,(H,33,35). The van der Waals surface area contributed by atoms with Crippen molar-refractivity contribution >= 4 is 17.5 Å². The zero-order valence-corrected chi connectivity index (χ0v) is 21.5. The van der Waals surface area contributed by atoms with E-state index in [1.165, 1.54) is 6.07 Å². The molecule has 0 unspecified atom stereocenters. The Labute approximate surface area is 220 Å². The van der Waals surface area contributed by atoms with Gasteiger partial charge in [-0.15, -0.1) is 0 Å². The molecule has 0 bridgehead atoms. The molecular formula is C25H25ClF4N4O4. The Morgan fingerprint density at radius 1 is 1.18 bits per heavy atom. The molecule has 0 saturated heterocycles. The van der Waals surface area contributed by atoms with Crippen molar-refractivity contribution in [3.8, 4) is 11.5 Å². The molecule has 1 amide bonds. The van der Waals surface area contributed by atoms with E-state index in [9.17, 15) is 22.4 Å². The summed E-state index contributed by atoms with van der Waals surface area (Å²) in [7, 11) is 0. The van der Waals surface area contributed by atoms with Gasteiger partial charge in [-0.2, -0.15) is 18.2 Å². The van der Waals surface area contributed by atoms with Gasteiger partial charge < -0.3 is 19.3 Å². The topological polar surface area (TPSA) is 99.4 Å². The summed E-state index contributed by atoms with van der Waals surface area (Å²) in [5.74, 6) is 0.0900. The fourth-order valence-electron chi connectivity index (χ4n) is 4.75. The van der Waals surface area contributed by atoms with Crippen LogP contribution in [0.3, 0.4) is 0 Å². The fourth-order valence-corrected chi connectivity index (χ4v) is 5.01. The molecule has 0 spiro atoms. The van der Waals surface area contributed by atoms with Crippen LogP contribution >= 0.6 is 11.6 Å². The van der Waals surface area contributed by atoms with E-state index >= 15 is 0 Å². The first kappa shape index (κ1) is 27.6. The number of ether oxygens (including phenoxy) is 2. The first-order valence-corrected chi connectivity index (χ1v) is 12.1. The average molecular weight is 557 g/mol. The lowest BCUT2D eigenvalue weighted by atomic mass is 9.59. The van der Waals surface area contributed by atoms with Crippen molar-refractivity contribution in [2.45, 2.75) is 63.8 Å². The highest BCUT2D eigenvalue weighted by atomic mass is 35.5. The van der Waals surface area contributed by atoms with E-state index in [0.717, 1.165) is 12.3 Å². The van der Waals surface area contributed by atoms with Crippen molar-refractivity contribution < 1.29 is 36.4 Å². The van der Waals surface area contributed by atoms with Gasteiger partial charge in [0.05, 0.1) is 16.6 Å². The number of hydrogen-bond donors (Lipinski definition) is 1. The Morgan fingerprint density at radius 3 is 2.55 bits per heavy atom. The molecule has 1 aliphatic rings. The van der Waals surface area contributed by atoms with Gasteiger partial charge in [-0.25, -0.2) is 9.37 Å². The lowest BCUT2D eigenvalue weighted by Crippen LogP contribution is -2.61. The van der Waals surface area contributed by atoms with E-state index in [1.54, 1.807) is 12.1 Å². The minimum atomic E-state index is -4.67. The number of pyridine rings is 1. The van der Waals surface area contributed by atoms with Crippen LogP contribution in [0.5, 0.6) is 11.5 Å². The minimum absolute atomic E-state index is 0.0192. The second-order valence-electron chi connectivity index (χ2n) is 9.72. The van der Waals surface area contributed by atoms with Crippen molar-refractivity contribution in [2.24, 2.45) is 0 Å². The van der Waals surface area contributed by atoms with Crippen LogP contribution in [0.2, 0.25) is 5.02 Å². The highest BCUT2D eigenvalue weighted by molar-refractivity contribution is 6.31.